The normalized spacial score (nSPS) is 15.1. The number of rotatable bonds is 7. The lowest BCUT2D eigenvalue weighted by Gasteiger charge is -2.33. The van der Waals surface area contributed by atoms with Crippen LogP contribution in [-0.4, -0.2) is 67.6 Å². The molecule has 0 radical (unpaired) electrons. The molecule has 3 rings (SSSR count). The number of halogens is 1. The third kappa shape index (κ3) is 7.38. The van der Waals surface area contributed by atoms with Gasteiger partial charge < -0.3 is 20.4 Å². The largest absolute Gasteiger partial charge is 0.356 e. The van der Waals surface area contributed by atoms with Gasteiger partial charge in [-0.1, -0.05) is 13.0 Å². The molecule has 0 atom stereocenters. The molecule has 2 N–H and O–H groups in total. The molecule has 1 aliphatic rings. The molecule has 1 fully saturated rings. The van der Waals surface area contributed by atoms with Gasteiger partial charge >= 0.3 is 0 Å². The van der Waals surface area contributed by atoms with E-state index in [9.17, 15) is 0 Å². The summed E-state index contributed by atoms with van der Waals surface area (Å²) in [5.74, 6) is 1.87. The molecule has 0 aromatic carbocycles. The van der Waals surface area contributed by atoms with Crippen molar-refractivity contribution in [3.8, 4) is 0 Å². The first kappa shape index (κ1) is 23.8. The molecule has 9 heteroatoms. The Morgan fingerprint density at radius 3 is 2.55 bits per heavy atom. The molecule has 29 heavy (non-hydrogen) atoms. The van der Waals surface area contributed by atoms with Crippen LogP contribution in [0.5, 0.6) is 0 Å². The predicted octanol–water partition coefficient (Wildman–Crippen LogP) is 2.38. The fourth-order valence-electron chi connectivity index (χ4n) is 3.07. The van der Waals surface area contributed by atoms with Crippen LogP contribution in [-0.2, 0) is 19.4 Å². The van der Waals surface area contributed by atoms with Crippen LogP contribution in [0.3, 0.4) is 0 Å². The molecule has 1 aliphatic heterocycles. The van der Waals surface area contributed by atoms with Crippen molar-refractivity contribution in [1.29, 1.82) is 0 Å². The maximum absolute atomic E-state index is 4.64. The molecule has 0 aliphatic carbocycles. The van der Waals surface area contributed by atoms with Gasteiger partial charge in [-0.05, 0) is 25.1 Å². The van der Waals surface area contributed by atoms with Gasteiger partial charge in [0, 0.05) is 70.0 Å². The number of aryl methyl sites for hydroxylation is 1. The second kappa shape index (κ2) is 12.3. The van der Waals surface area contributed by atoms with Gasteiger partial charge in [0.15, 0.2) is 5.96 Å². The summed E-state index contributed by atoms with van der Waals surface area (Å²) < 4.78 is 0. The van der Waals surface area contributed by atoms with E-state index in [4.69, 9.17) is 0 Å². The summed E-state index contributed by atoms with van der Waals surface area (Å²) in [6.07, 6.45) is 5.89. The van der Waals surface area contributed by atoms with Gasteiger partial charge in [0.05, 0.1) is 5.01 Å². The quantitative estimate of drug-likeness (QED) is 0.326. The van der Waals surface area contributed by atoms with Crippen molar-refractivity contribution in [2.45, 2.75) is 26.3 Å². The fraction of sp³-hybridized carbons (Fsp3) is 0.550. The molecule has 7 nitrogen and oxygen atoms in total. The highest BCUT2D eigenvalue weighted by Crippen LogP contribution is 2.14. The Balaban J connectivity index is 0.00000300. The Morgan fingerprint density at radius 2 is 1.93 bits per heavy atom. The Labute approximate surface area is 195 Å². The second-order valence-electron chi connectivity index (χ2n) is 6.99. The maximum atomic E-state index is 4.64. The third-order valence-electron chi connectivity index (χ3n) is 4.90. The Bertz CT molecular complexity index is 754. The summed E-state index contributed by atoms with van der Waals surface area (Å²) in [5.41, 5.74) is 1.15. The molecule has 2 aromatic heterocycles. The van der Waals surface area contributed by atoms with E-state index in [0.29, 0.717) is 6.54 Å². The highest BCUT2D eigenvalue weighted by molar-refractivity contribution is 14.0. The molecule has 1 saturated heterocycles. The van der Waals surface area contributed by atoms with Crippen molar-refractivity contribution >= 4 is 47.1 Å². The first-order valence-electron chi connectivity index (χ1n) is 9.94. The highest BCUT2D eigenvalue weighted by atomic mass is 127. The fourth-order valence-corrected chi connectivity index (χ4v) is 3.93. The average molecular weight is 529 g/mol. The van der Waals surface area contributed by atoms with E-state index in [0.717, 1.165) is 62.9 Å². The van der Waals surface area contributed by atoms with Crippen LogP contribution in [0.4, 0.5) is 5.82 Å². The number of pyridine rings is 1. The summed E-state index contributed by atoms with van der Waals surface area (Å²) >= 11 is 1.79. The predicted molar refractivity (Wildman–Crippen MR) is 133 cm³/mol. The summed E-state index contributed by atoms with van der Waals surface area (Å²) in [4.78, 5) is 19.4. The van der Waals surface area contributed by atoms with Crippen LogP contribution < -0.4 is 15.5 Å². The summed E-state index contributed by atoms with van der Waals surface area (Å²) in [5, 5.41) is 7.88. The van der Waals surface area contributed by atoms with Crippen molar-refractivity contribution in [3.63, 3.8) is 0 Å². The van der Waals surface area contributed by atoms with E-state index in [1.807, 2.05) is 12.4 Å². The second-order valence-corrected chi connectivity index (χ2v) is 8.19. The maximum Gasteiger partial charge on any atom is 0.191 e. The third-order valence-corrected chi connectivity index (χ3v) is 6.10. The Hall–Kier alpha value is -1.46. The smallest absolute Gasteiger partial charge is 0.191 e. The minimum absolute atomic E-state index is 0. The number of likely N-dealkylation sites (N-methyl/N-ethyl adjacent to an activating group) is 1. The van der Waals surface area contributed by atoms with E-state index in [2.05, 4.69) is 61.5 Å². The van der Waals surface area contributed by atoms with Gasteiger partial charge in [-0.3, -0.25) is 4.99 Å². The number of hydrogen-bond acceptors (Lipinski definition) is 6. The first-order valence-corrected chi connectivity index (χ1v) is 10.8. The highest BCUT2D eigenvalue weighted by Gasteiger charge is 2.14. The van der Waals surface area contributed by atoms with Gasteiger partial charge in [-0.15, -0.1) is 35.3 Å². The van der Waals surface area contributed by atoms with Crippen molar-refractivity contribution in [2.75, 3.05) is 51.7 Å². The zero-order valence-electron chi connectivity index (χ0n) is 17.5. The molecule has 0 saturated carbocycles. The van der Waals surface area contributed by atoms with E-state index >= 15 is 0 Å². The number of thiazole rings is 1. The van der Waals surface area contributed by atoms with Gasteiger partial charge in [0.1, 0.15) is 5.82 Å². The minimum Gasteiger partial charge on any atom is -0.356 e. The summed E-state index contributed by atoms with van der Waals surface area (Å²) in [6.45, 7) is 7.94. The lowest BCUT2D eigenvalue weighted by Crippen LogP contribution is -2.44. The van der Waals surface area contributed by atoms with Crippen molar-refractivity contribution in [1.82, 2.24) is 25.5 Å². The summed E-state index contributed by atoms with van der Waals surface area (Å²) in [6, 6.07) is 4.26. The Kier molecular flexibility index (Phi) is 10.1. The van der Waals surface area contributed by atoms with Crippen LogP contribution in [0, 0.1) is 0 Å². The number of aliphatic imine (C=N–C) groups is 1. The van der Waals surface area contributed by atoms with Gasteiger partial charge in [0.25, 0.3) is 0 Å². The zero-order chi connectivity index (χ0) is 19.8. The molecule has 3 heterocycles. The van der Waals surface area contributed by atoms with E-state index < -0.39 is 0 Å². The minimum atomic E-state index is 0. The van der Waals surface area contributed by atoms with E-state index in [1.54, 1.807) is 18.4 Å². The monoisotopic (exact) mass is 529 g/mol. The zero-order valence-corrected chi connectivity index (χ0v) is 20.7. The van der Waals surface area contributed by atoms with Crippen molar-refractivity contribution in [3.05, 3.63) is 40.0 Å². The molecule has 0 unspecified atom stereocenters. The molecule has 0 spiro atoms. The van der Waals surface area contributed by atoms with Crippen LogP contribution in [0.1, 0.15) is 22.4 Å². The van der Waals surface area contributed by atoms with Gasteiger partial charge in [-0.2, -0.15) is 0 Å². The number of anilines is 1. The average Bonchev–Trinajstić information content (AvgIpc) is 3.19. The molecule has 2 aromatic rings. The van der Waals surface area contributed by atoms with Gasteiger partial charge in [-0.25, -0.2) is 9.97 Å². The molecule has 0 amide bonds. The SMILES string of the molecule is CCc1cnc(CCNC(=NC)NCc2ccc(N3CCN(C)CC3)nc2)s1.I. The number of nitrogens with one attached hydrogen (secondary N) is 2. The lowest BCUT2D eigenvalue weighted by molar-refractivity contribution is 0.312. The van der Waals surface area contributed by atoms with E-state index in [1.165, 1.54) is 9.88 Å². The summed E-state index contributed by atoms with van der Waals surface area (Å²) in [7, 11) is 3.96. The molecular weight excluding hydrogens is 497 g/mol. The van der Waals surface area contributed by atoms with Crippen molar-refractivity contribution < 1.29 is 0 Å². The van der Waals surface area contributed by atoms with Crippen LogP contribution in [0.25, 0.3) is 0 Å². The van der Waals surface area contributed by atoms with Crippen LogP contribution in [0.15, 0.2) is 29.5 Å². The molecule has 0 bridgehead atoms. The number of aromatic nitrogens is 2. The first-order chi connectivity index (χ1) is 13.7. The topological polar surface area (TPSA) is 68.7 Å². The van der Waals surface area contributed by atoms with Gasteiger partial charge in [0.2, 0.25) is 0 Å². The molecular formula is C20H32IN7S. The van der Waals surface area contributed by atoms with E-state index in [-0.39, 0.29) is 24.0 Å². The number of guanidine groups is 1. The van der Waals surface area contributed by atoms with Crippen LogP contribution in [0.2, 0.25) is 0 Å². The van der Waals surface area contributed by atoms with Crippen molar-refractivity contribution in [2.24, 2.45) is 4.99 Å². The number of nitrogens with zero attached hydrogens (tertiary/aromatic N) is 5. The standard InChI is InChI=1S/C20H31N7S.HI/c1-4-17-15-24-19(28-17)7-8-22-20(21-2)25-14-16-5-6-18(23-13-16)27-11-9-26(3)10-12-27;/h5-6,13,15H,4,7-12,14H2,1-3H3,(H2,21,22,25);1H. The number of hydrogen-bond donors (Lipinski definition) is 2. The molecule has 160 valence electrons. The number of piperazine rings is 1. The Morgan fingerprint density at radius 1 is 1.14 bits per heavy atom. The van der Waals surface area contributed by atoms with Crippen LogP contribution >= 0.6 is 35.3 Å². The lowest BCUT2D eigenvalue weighted by atomic mass is 10.2.